The first-order chi connectivity index (χ1) is 5.20. The monoisotopic (exact) mass is 160 g/mol. The second-order valence-electron chi connectivity index (χ2n) is 3.32. The van der Waals surface area contributed by atoms with Crippen molar-refractivity contribution in [3.8, 4) is 0 Å². The maximum Gasteiger partial charge on any atom is 0.0805 e. The van der Waals surface area contributed by atoms with Gasteiger partial charge in [-0.1, -0.05) is 27.2 Å². The second kappa shape index (κ2) is 6.62. The SMILES string of the molecule is CCCC(CO)OCC(C)C. The van der Waals surface area contributed by atoms with Gasteiger partial charge in [-0.3, -0.25) is 0 Å². The Balaban J connectivity index is 3.35. The van der Waals surface area contributed by atoms with Crippen molar-refractivity contribution in [1.29, 1.82) is 0 Å². The zero-order chi connectivity index (χ0) is 8.69. The van der Waals surface area contributed by atoms with Crippen LogP contribution in [0, 0.1) is 5.92 Å². The summed E-state index contributed by atoms with van der Waals surface area (Å²) >= 11 is 0. The molecule has 1 N–H and O–H groups in total. The molecule has 1 unspecified atom stereocenters. The van der Waals surface area contributed by atoms with Crippen LogP contribution in [0.4, 0.5) is 0 Å². The minimum absolute atomic E-state index is 0.0578. The van der Waals surface area contributed by atoms with Crippen LogP contribution in [-0.2, 0) is 4.74 Å². The molecule has 0 heterocycles. The number of hydrogen-bond acceptors (Lipinski definition) is 2. The summed E-state index contributed by atoms with van der Waals surface area (Å²) in [4.78, 5) is 0. The van der Waals surface area contributed by atoms with Crippen LogP contribution >= 0.6 is 0 Å². The average Bonchev–Trinajstić information content (AvgIpc) is 1.97. The van der Waals surface area contributed by atoms with Crippen LogP contribution in [0.15, 0.2) is 0 Å². The van der Waals surface area contributed by atoms with Crippen LogP contribution in [0.3, 0.4) is 0 Å². The van der Waals surface area contributed by atoms with E-state index in [0.29, 0.717) is 5.92 Å². The minimum Gasteiger partial charge on any atom is -0.394 e. The summed E-state index contributed by atoms with van der Waals surface area (Å²) in [7, 11) is 0. The van der Waals surface area contributed by atoms with Crippen molar-refractivity contribution in [3.63, 3.8) is 0 Å². The van der Waals surface area contributed by atoms with E-state index in [1.165, 1.54) is 0 Å². The summed E-state index contributed by atoms with van der Waals surface area (Å²) in [6, 6.07) is 0. The smallest absolute Gasteiger partial charge is 0.0805 e. The van der Waals surface area contributed by atoms with Gasteiger partial charge in [0.1, 0.15) is 0 Å². The topological polar surface area (TPSA) is 29.5 Å². The molecule has 0 saturated heterocycles. The van der Waals surface area contributed by atoms with E-state index >= 15 is 0 Å². The largest absolute Gasteiger partial charge is 0.394 e. The highest BCUT2D eigenvalue weighted by Gasteiger charge is 2.06. The van der Waals surface area contributed by atoms with Crippen molar-refractivity contribution in [1.82, 2.24) is 0 Å². The van der Waals surface area contributed by atoms with E-state index in [0.717, 1.165) is 19.4 Å². The Hall–Kier alpha value is -0.0800. The predicted octanol–water partition coefficient (Wildman–Crippen LogP) is 1.82. The molecule has 0 radical (unpaired) electrons. The van der Waals surface area contributed by atoms with Crippen molar-refractivity contribution >= 4 is 0 Å². The highest BCUT2D eigenvalue weighted by molar-refractivity contribution is 4.54. The van der Waals surface area contributed by atoms with Gasteiger partial charge in [-0.25, -0.2) is 0 Å². The molecule has 11 heavy (non-hydrogen) atoms. The van der Waals surface area contributed by atoms with Gasteiger partial charge in [-0.05, 0) is 12.3 Å². The van der Waals surface area contributed by atoms with Gasteiger partial charge in [-0.2, -0.15) is 0 Å². The fourth-order valence-electron chi connectivity index (χ4n) is 0.878. The number of rotatable bonds is 6. The summed E-state index contributed by atoms with van der Waals surface area (Å²) in [5.74, 6) is 0.556. The van der Waals surface area contributed by atoms with Crippen LogP contribution in [0.25, 0.3) is 0 Å². The fourth-order valence-corrected chi connectivity index (χ4v) is 0.878. The predicted molar refractivity (Wildman–Crippen MR) is 46.6 cm³/mol. The van der Waals surface area contributed by atoms with Gasteiger partial charge in [0.2, 0.25) is 0 Å². The normalized spacial score (nSPS) is 13.9. The first-order valence-electron chi connectivity index (χ1n) is 4.43. The molecule has 0 aliphatic heterocycles. The Kier molecular flexibility index (Phi) is 6.57. The Morgan fingerprint density at radius 1 is 1.36 bits per heavy atom. The van der Waals surface area contributed by atoms with Crippen molar-refractivity contribution in [3.05, 3.63) is 0 Å². The molecule has 0 amide bonds. The lowest BCUT2D eigenvalue weighted by molar-refractivity contribution is -0.00446. The van der Waals surface area contributed by atoms with Gasteiger partial charge >= 0.3 is 0 Å². The summed E-state index contributed by atoms with van der Waals surface area (Å²) < 4.78 is 5.44. The number of aliphatic hydroxyl groups is 1. The molecule has 0 aromatic carbocycles. The average molecular weight is 160 g/mol. The van der Waals surface area contributed by atoms with Crippen molar-refractivity contribution in [2.75, 3.05) is 13.2 Å². The molecule has 0 aromatic heterocycles. The van der Waals surface area contributed by atoms with Crippen molar-refractivity contribution < 1.29 is 9.84 Å². The maximum absolute atomic E-state index is 8.85. The van der Waals surface area contributed by atoms with Gasteiger partial charge in [0.15, 0.2) is 0 Å². The summed E-state index contributed by atoms with van der Waals surface area (Å²) in [5, 5.41) is 8.85. The van der Waals surface area contributed by atoms with Crippen molar-refractivity contribution in [2.24, 2.45) is 5.92 Å². The molecule has 1 atom stereocenters. The zero-order valence-corrected chi connectivity index (χ0v) is 7.84. The van der Waals surface area contributed by atoms with E-state index in [1.807, 2.05) is 0 Å². The third-order valence-corrected chi connectivity index (χ3v) is 1.48. The summed E-state index contributed by atoms with van der Waals surface area (Å²) in [6.45, 7) is 7.23. The Morgan fingerprint density at radius 3 is 2.36 bits per heavy atom. The van der Waals surface area contributed by atoms with Gasteiger partial charge in [0, 0.05) is 6.61 Å². The van der Waals surface area contributed by atoms with Crippen molar-refractivity contribution in [2.45, 2.75) is 39.7 Å². The van der Waals surface area contributed by atoms with E-state index in [2.05, 4.69) is 20.8 Å². The summed E-state index contributed by atoms with van der Waals surface area (Å²) in [6.07, 6.45) is 2.09. The minimum atomic E-state index is 0.0578. The molecule has 0 aromatic rings. The molecule has 68 valence electrons. The lowest BCUT2D eigenvalue weighted by Crippen LogP contribution is -2.19. The van der Waals surface area contributed by atoms with Crippen LogP contribution in [0.1, 0.15) is 33.6 Å². The van der Waals surface area contributed by atoms with Crippen LogP contribution in [0.5, 0.6) is 0 Å². The molecule has 0 fully saturated rings. The molecular weight excluding hydrogens is 140 g/mol. The van der Waals surface area contributed by atoms with Gasteiger partial charge < -0.3 is 9.84 Å². The number of ether oxygens (including phenoxy) is 1. The third kappa shape index (κ3) is 6.32. The highest BCUT2D eigenvalue weighted by Crippen LogP contribution is 2.03. The lowest BCUT2D eigenvalue weighted by atomic mass is 10.2. The molecule has 0 bridgehead atoms. The van der Waals surface area contributed by atoms with E-state index < -0.39 is 0 Å². The van der Waals surface area contributed by atoms with E-state index in [9.17, 15) is 0 Å². The molecule has 2 nitrogen and oxygen atoms in total. The van der Waals surface area contributed by atoms with Crippen LogP contribution < -0.4 is 0 Å². The molecule has 0 saturated carbocycles. The van der Waals surface area contributed by atoms with E-state index in [-0.39, 0.29) is 12.7 Å². The van der Waals surface area contributed by atoms with Gasteiger partial charge in [0.25, 0.3) is 0 Å². The molecule has 0 spiro atoms. The van der Waals surface area contributed by atoms with Gasteiger partial charge in [-0.15, -0.1) is 0 Å². The fraction of sp³-hybridized carbons (Fsp3) is 1.00. The third-order valence-electron chi connectivity index (χ3n) is 1.48. The Morgan fingerprint density at radius 2 is 2.00 bits per heavy atom. The van der Waals surface area contributed by atoms with Crippen LogP contribution in [-0.4, -0.2) is 24.4 Å². The Bertz CT molecular complexity index is 81.6. The molecule has 0 aliphatic carbocycles. The quantitative estimate of drug-likeness (QED) is 0.642. The highest BCUT2D eigenvalue weighted by atomic mass is 16.5. The lowest BCUT2D eigenvalue weighted by Gasteiger charge is -2.15. The first kappa shape index (κ1) is 10.9. The maximum atomic E-state index is 8.85. The second-order valence-corrected chi connectivity index (χ2v) is 3.32. The molecule has 0 rings (SSSR count). The standard InChI is InChI=1S/C9H20O2/c1-4-5-9(6-10)11-7-8(2)3/h8-10H,4-7H2,1-3H3. The van der Waals surface area contributed by atoms with Gasteiger partial charge in [0.05, 0.1) is 12.7 Å². The Labute approximate surface area is 69.6 Å². The van der Waals surface area contributed by atoms with E-state index in [4.69, 9.17) is 9.84 Å². The molecular formula is C9H20O2. The number of hydrogen-bond donors (Lipinski definition) is 1. The number of aliphatic hydroxyl groups excluding tert-OH is 1. The van der Waals surface area contributed by atoms with E-state index in [1.54, 1.807) is 0 Å². The molecule has 0 aliphatic rings. The summed E-state index contributed by atoms with van der Waals surface area (Å²) in [5.41, 5.74) is 0. The first-order valence-corrected chi connectivity index (χ1v) is 4.43. The zero-order valence-electron chi connectivity index (χ0n) is 7.84. The van der Waals surface area contributed by atoms with Crippen LogP contribution in [0.2, 0.25) is 0 Å². The molecule has 2 heteroatoms.